The molecule has 0 aliphatic carbocycles. The summed E-state index contributed by atoms with van der Waals surface area (Å²) < 4.78 is 5.49. The van der Waals surface area contributed by atoms with Gasteiger partial charge in [-0.1, -0.05) is 26.0 Å². The maximum Gasteiger partial charge on any atom is 0.111 e. The third-order valence-electron chi connectivity index (χ3n) is 5.58. The van der Waals surface area contributed by atoms with Gasteiger partial charge in [0, 0.05) is 32.1 Å². The van der Waals surface area contributed by atoms with Crippen LogP contribution >= 0.6 is 0 Å². The summed E-state index contributed by atoms with van der Waals surface area (Å²) in [4.78, 5) is 9.92. The monoisotopic (exact) mass is 315 g/mol. The van der Waals surface area contributed by atoms with Gasteiger partial charge in [-0.05, 0) is 31.4 Å². The first-order valence-electron chi connectivity index (χ1n) is 8.92. The highest BCUT2D eigenvalue weighted by molar-refractivity contribution is 5.93. The van der Waals surface area contributed by atoms with Gasteiger partial charge in [0.15, 0.2) is 0 Å². The van der Waals surface area contributed by atoms with Gasteiger partial charge < -0.3 is 14.5 Å². The third kappa shape index (κ3) is 3.09. The van der Waals surface area contributed by atoms with Gasteiger partial charge in [-0.2, -0.15) is 0 Å². The minimum absolute atomic E-state index is 0.243. The van der Waals surface area contributed by atoms with E-state index in [2.05, 4.69) is 55.0 Å². The Bertz CT molecular complexity index is 559. The highest BCUT2D eigenvalue weighted by Gasteiger charge is 2.40. The molecule has 23 heavy (non-hydrogen) atoms. The average Bonchev–Trinajstić information content (AvgIpc) is 2.93. The van der Waals surface area contributed by atoms with E-state index >= 15 is 0 Å². The molecule has 0 aromatic heterocycles. The summed E-state index contributed by atoms with van der Waals surface area (Å²) in [7, 11) is 2.18. The molecular formula is C19H29N3O. The van der Waals surface area contributed by atoms with E-state index in [-0.39, 0.29) is 5.41 Å². The van der Waals surface area contributed by atoms with Gasteiger partial charge >= 0.3 is 0 Å². The summed E-state index contributed by atoms with van der Waals surface area (Å²) in [6.07, 6.45) is 3.54. The van der Waals surface area contributed by atoms with Crippen molar-refractivity contribution in [2.75, 3.05) is 44.8 Å². The Morgan fingerprint density at radius 2 is 1.78 bits per heavy atom. The van der Waals surface area contributed by atoms with Crippen molar-refractivity contribution in [1.29, 1.82) is 0 Å². The van der Waals surface area contributed by atoms with Crippen molar-refractivity contribution in [2.24, 2.45) is 10.4 Å². The summed E-state index contributed by atoms with van der Waals surface area (Å²) in [6, 6.07) is 8.55. The molecule has 126 valence electrons. The Morgan fingerprint density at radius 1 is 1.09 bits per heavy atom. The lowest BCUT2D eigenvalue weighted by Crippen LogP contribution is -2.36. The van der Waals surface area contributed by atoms with E-state index in [4.69, 9.17) is 9.73 Å². The van der Waals surface area contributed by atoms with E-state index in [1.807, 2.05) is 0 Å². The Kier molecular flexibility index (Phi) is 4.90. The van der Waals surface area contributed by atoms with E-state index < -0.39 is 0 Å². The number of nitrogens with zero attached hydrogens (tertiary/aromatic N) is 3. The number of para-hydroxylation sites is 2. The van der Waals surface area contributed by atoms with E-state index in [9.17, 15) is 0 Å². The molecule has 0 saturated carbocycles. The fraction of sp³-hybridized carbons (Fsp3) is 0.632. The molecule has 0 spiro atoms. The van der Waals surface area contributed by atoms with Crippen molar-refractivity contribution in [2.45, 2.75) is 33.1 Å². The van der Waals surface area contributed by atoms with Gasteiger partial charge in [-0.25, -0.2) is 4.99 Å². The average molecular weight is 315 g/mol. The molecule has 1 aromatic rings. The molecule has 0 amide bonds. The smallest absolute Gasteiger partial charge is 0.111 e. The largest absolute Gasteiger partial charge is 0.378 e. The number of anilines is 1. The SMILES string of the molecule is CCC1(CC)CCN(C)/C1=N\c1ccccc1N1CCOCC1. The number of benzene rings is 1. The summed E-state index contributed by atoms with van der Waals surface area (Å²) in [5.74, 6) is 1.27. The predicted octanol–water partition coefficient (Wildman–Crippen LogP) is 3.70. The minimum Gasteiger partial charge on any atom is -0.378 e. The predicted molar refractivity (Wildman–Crippen MR) is 96.8 cm³/mol. The third-order valence-corrected chi connectivity index (χ3v) is 5.58. The Balaban J connectivity index is 1.98. The second-order valence-corrected chi connectivity index (χ2v) is 6.68. The molecule has 3 rings (SSSR count). The first-order chi connectivity index (χ1) is 11.2. The maximum atomic E-state index is 5.49. The zero-order chi connectivity index (χ0) is 16.3. The molecule has 2 aliphatic heterocycles. The zero-order valence-corrected chi connectivity index (χ0v) is 14.7. The molecule has 0 unspecified atom stereocenters. The van der Waals surface area contributed by atoms with Gasteiger partial charge in [0.05, 0.1) is 24.6 Å². The van der Waals surface area contributed by atoms with Crippen molar-refractivity contribution < 1.29 is 4.74 Å². The van der Waals surface area contributed by atoms with Gasteiger partial charge in [0.1, 0.15) is 5.84 Å². The number of likely N-dealkylation sites (tertiary alicyclic amines) is 1. The highest BCUT2D eigenvalue weighted by atomic mass is 16.5. The van der Waals surface area contributed by atoms with E-state index in [0.717, 1.165) is 51.4 Å². The fourth-order valence-corrected chi connectivity index (χ4v) is 3.87. The molecule has 2 saturated heterocycles. The van der Waals surface area contributed by atoms with E-state index in [1.54, 1.807) is 0 Å². The van der Waals surface area contributed by atoms with Crippen LogP contribution in [-0.4, -0.2) is 50.6 Å². The lowest BCUT2D eigenvalue weighted by Gasteiger charge is -2.31. The number of rotatable bonds is 4. The van der Waals surface area contributed by atoms with Gasteiger partial charge in [0.25, 0.3) is 0 Å². The van der Waals surface area contributed by atoms with Crippen LogP contribution in [0.15, 0.2) is 29.3 Å². The van der Waals surface area contributed by atoms with Crippen LogP contribution in [0.1, 0.15) is 33.1 Å². The zero-order valence-electron chi connectivity index (χ0n) is 14.7. The first-order valence-corrected chi connectivity index (χ1v) is 8.92. The molecule has 0 bridgehead atoms. The molecule has 2 fully saturated rings. The normalized spacial score (nSPS) is 22.8. The van der Waals surface area contributed by atoms with Crippen molar-refractivity contribution >= 4 is 17.2 Å². The number of ether oxygens (including phenoxy) is 1. The van der Waals surface area contributed by atoms with Crippen molar-refractivity contribution in [3.05, 3.63) is 24.3 Å². The van der Waals surface area contributed by atoms with Crippen LogP contribution in [0, 0.1) is 5.41 Å². The quantitative estimate of drug-likeness (QED) is 0.848. The number of hydrogen-bond donors (Lipinski definition) is 0. The van der Waals surface area contributed by atoms with Crippen molar-refractivity contribution in [3.8, 4) is 0 Å². The summed E-state index contributed by atoms with van der Waals surface area (Å²) in [6.45, 7) is 9.21. The van der Waals surface area contributed by atoms with Crippen LogP contribution in [0.25, 0.3) is 0 Å². The van der Waals surface area contributed by atoms with Gasteiger partial charge in [0.2, 0.25) is 0 Å². The lowest BCUT2D eigenvalue weighted by atomic mass is 9.80. The van der Waals surface area contributed by atoms with E-state index in [1.165, 1.54) is 17.9 Å². The second kappa shape index (κ2) is 6.91. The van der Waals surface area contributed by atoms with Crippen LogP contribution < -0.4 is 4.90 Å². The minimum atomic E-state index is 0.243. The molecule has 2 heterocycles. The molecule has 0 atom stereocenters. The highest BCUT2D eigenvalue weighted by Crippen LogP contribution is 2.41. The Morgan fingerprint density at radius 3 is 2.48 bits per heavy atom. The topological polar surface area (TPSA) is 28.1 Å². The van der Waals surface area contributed by atoms with E-state index in [0.29, 0.717) is 0 Å². The Hall–Kier alpha value is -1.55. The maximum absolute atomic E-state index is 5.49. The van der Waals surface area contributed by atoms with Gasteiger partial charge in [-0.3, -0.25) is 0 Å². The molecule has 0 N–H and O–H groups in total. The van der Waals surface area contributed by atoms with Crippen LogP contribution in [-0.2, 0) is 4.74 Å². The fourth-order valence-electron chi connectivity index (χ4n) is 3.87. The number of morpholine rings is 1. The standard InChI is InChI=1S/C19H29N3O/c1-4-19(5-2)10-11-21(3)18(19)20-16-8-6-7-9-17(16)22-12-14-23-15-13-22/h6-9H,4-5,10-15H2,1-3H3/b20-18-. The first kappa shape index (κ1) is 16.3. The summed E-state index contributed by atoms with van der Waals surface area (Å²) in [5, 5.41) is 0. The Labute approximate surface area is 140 Å². The van der Waals surface area contributed by atoms with Crippen LogP contribution in [0.4, 0.5) is 11.4 Å². The molecule has 4 nitrogen and oxygen atoms in total. The van der Waals surface area contributed by atoms with Crippen LogP contribution in [0.2, 0.25) is 0 Å². The molecule has 1 aromatic carbocycles. The van der Waals surface area contributed by atoms with Crippen molar-refractivity contribution in [3.63, 3.8) is 0 Å². The molecule has 4 heteroatoms. The summed E-state index contributed by atoms with van der Waals surface area (Å²) in [5.41, 5.74) is 2.58. The van der Waals surface area contributed by atoms with Crippen LogP contribution in [0.5, 0.6) is 0 Å². The molecule has 0 radical (unpaired) electrons. The van der Waals surface area contributed by atoms with Gasteiger partial charge in [-0.15, -0.1) is 0 Å². The molecular weight excluding hydrogens is 286 g/mol. The van der Waals surface area contributed by atoms with Crippen molar-refractivity contribution in [1.82, 2.24) is 4.90 Å². The number of hydrogen-bond acceptors (Lipinski definition) is 3. The number of aliphatic imine (C=N–C) groups is 1. The number of amidine groups is 1. The van der Waals surface area contributed by atoms with Crippen LogP contribution in [0.3, 0.4) is 0 Å². The lowest BCUT2D eigenvalue weighted by molar-refractivity contribution is 0.123. The molecule has 2 aliphatic rings. The second-order valence-electron chi connectivity index (χ2n) is 6.68. The summed E-state index contributed by atoms with van der Waals surface area (Å²) >= 11 is 0.